The summed E-state index contributed by atoms with van der Waals surface area (Å²) in [5, 5.41) is 0.754. The molecule has 0 N–H and O–H groups in total. The van der Waals surface area contributed by atoms with Crippen LogP contribution in [0.3, 0.4) is 0 Å². The zero-order valence-corrected chi connectivity index (χ0v) is 14.3. The van der Waals surface area contributed by atoms with Gasteiger partial charge in [-0.3, -0.25) is 0 Å². The summed E-state index contributed by atoms with van der Waals surface area (Å²) >= 11 is 0. The largest absolute Gasteiger partial charge is 0.322 e. The Bertz CT molecular complexity index is 1050. The van der Waals surface area contributed by atoms with Gasteiger partial charge in [0.1, 0.15) is 12.1 Å². The minimum atomic E-state index is -3.28. The molecule has 1 aliphatic heterocycles. The van der Waals surface area contributed by atoms with Gasteiger partial charge >= 0.3 is 0 Å². The van der Waals surface area contributed by atoms with E-state index in [4.69, 9.17) is 0 Å². The highest BCUT2D eigenvalue weighted by molar-refractivity contribution is 7.90. The molecule has 2 aromatic carbocycles. The number of sulfone groups is 1. The molecule has 24 heavy (non-hydrogen) atoms. The molecule has 0 spiro atoms. The smallest absolute Gasteiger partial charge is 0.175 e. The number of fused-ring (bicyclic) bond motifs is 2. The monoisotopic (exact) mass is 339 g/mol. The lowest BCUT2D eigenvalue weighted by molar-refractivity contribution is 0.602. The minimum Gasteiger partial charge on any atom is -0.322 e. The summed E-state index contributed by atoms with van der Waals surface area (Å²) < 4.78 is 23.8. The average molecular weight is 339 g/mol. The topological polar surface area (TPSA) is 63.2 Å². The zero-order chi connectivity index (χ0) is 16.9. The number of anilines is 2. The van der Waals surface area contributed by atoms with Crippen LogP contribution in [-0.2, 0) is 16.3 Å². The Kier molecular flexibility index (Phi) is 3.31. The van der Waals surface area contributed by atoms with Crippen molar-refractivity contribution in [2.45, 2.75) is 24.3 Å². The molecule has 0 radical (unpaired) electrons. The van der Waals surface area contributed by atoms with Gasteiger partial charge in [-0.1, -0.05) is 18.2 Å². The molecule has 0 saturated heterocycles. The van der Waals surface area contributed by atoms with Crippen LogP contribution in [0.1, 0.15) is 12.5 Å². The summed E-state index contributed by atoms with van der Waals surface area (Å²) in [4.78, 5) is 11.2. The second kappa shape index (κ2) is 5.27. The van der Waals surface area contributed by atoms with Crippen LogP contribution >= 0.6 is 0 Å². The molecule has 4 rings (SSSR count). The summed E-state index contributed by atoms with van der Waals surface area (Å²) in [7, 11) is -3.28. The van der Waals surface area contributed by atoms with E-state index in [1.165, 1.54) is 18.1 Å². The van der Waals surface area contributed by atoms with Gasteiger partial charge in [-0.05, 0) is 43.2 Å². The fraction of sp³-hybridized carbons (Fsp3) is 0.222. The summed E-state index contributed by atoms with van der Waals surface area (Å²) in [5.74, 6) is 0.753. The second-order valence-corrected chi connectivity index (χ2v) is 8.22. The molecule has 6 heteroatoms. The van der Waals surface area contributed by atoms with Crippen LogP contribution in [0.5, 0.6) is 0 Å². The fourth-order valence-electron chi connectivity index (χ4n) is 3.33. The van der Waals surface area contributed by atoms with Gasteiger partial charge in [-0.25, -0.2) is 18.4 Å². The Balaban J connectivity index is 1.97. The first-order chi connectivity index (χ1) is 11.4. The molecule has 1 aliphatic rings. The highest BCUT2D eigenvalue weighted by Gasteiger charge is 2.29. The zero-order valence-electron chi connectivity index (χ0n) is 13.5. The van der Waals surface area contributed by atoms with E-state index in [-0.39, 0.29) is 10.9 Å². The highest BCUT2D eigenvalue weighted by atomic mass is 32.2. The number of hydrogen-bond donors (Lipinski definition) is 0. The quantitative estimate of drug-likeness (QED) is 0.718. The van der Waals surface area contributed by atoms with Crippen molar-refractivity contribution in [1.29, 1.82) is 0 Å². The Hall–Kier alpha value is -2.47. The van der Waals surface area contributed by atoms with E-state index in [2.05, 4.69) is 33.9 Å². The van der Waals surface area contributed by atoms with E-state index < -0.39 is 9.84 Å². The van der Waals surface area contributed by atoms with Gasteiger partial charge in [0.25, 0.3) is 0 Å². The Labute approximate surface area is 140 Å². The van der Waals surface area contributed by atoms with Crippen molar-refractivity contribution in [1.82, 2.24) is 9.97 Å². The van der Waals surface area contributed by atoms with Crippen LogP contribution in [0, 0.1) is 0 Å². The lowest BCUT2D eigenvalue weighted by atomic mass is 10.1. The summed E-state index contributed by atoms with van der Waals surface area (Å²) in [6, 6.07) is 13.5. The van der Waals surface area contributed by atoms with Gasteiger partial charge in [-0.15, -0.1) is 0 Å². The number of benzene rings is 2. The van der Waals surface area contributed by atoms with Crippen molar-refractivity contribution < 1.29 is 8.42 Å². The van der Waals surface area contributed by atoms with Crippen molar-refractivity contribution >= 4 is 32.2 Å². The summed E-state index contributed by atoms with van der Waals surface area (Å²) in [6.07, 6.45) is 3.68. The molecular weight excluding hydrogens is 322 g/mol. The third-order valence-corrected chi connectivity index (χ3v) is 5.56. The lowest BCUT2D eigenvalue weighted by Gasteiger charge is -2.25. The van der Waals surface area contributed by atoms with Crippen LogP contribution in [0.2, 0.25) is 0 Å². The molecule has 1 atom stereocenters. The summed E-state index contributed by atoms with van der Waals surface area (Å²) in [6.45, 7) is 2.15. The molecular formula is C18H17N3O2S. The molecule has 1 unspecified atom stereocenters. The maximum absolute atomic E-state index is 11.9. The fourth-order valence-corrected chi connectivity index (χ4v) is 3.98. The van der Waals surface area contributed by atoms with E-state index in [1.807, 2.05) is 12.1 Å². The standard InChI is InChI=1S/C18H17N3O2S/c1-12-9-13-5-3-4-6-17(13)21(12)18-15-10-14(24(2,22)23)7-8-16(15)19-11-20-18/h3-8,10-12H,9H2,1-2H3. The molecule has 0 aliphatic carbocycles. The molecule has 1 aromatic heterocycles. The lowest BCUT2D eigenvalue weighted by Crippen LogP contribution is -2.25. The minimum absolute atomic E-state index is 0.252. The van der Waals surface area contributed by atoms with Crippen molar-refractivity contribution in [2.75, 3.05) is 11.2 Å². The Morgan fingerprint density at radius 2 is 1.92 bits per heavy atom. The van der Waals surface area contributed by atoms with Gasteiger partial charge in [0.05, 0.1) is 10.4 Å². The Morgan fingerprint density at radius 3 is 2.71 bits per heavy atom. The Morgan fingerprint density at radius 1 is 1.12 bits per heavy atom. The SMILES string of the molecule is CC1Cc2ccccc2N1c1ncnc2ccc(S(C)(=O)=O)cc12. The predicted molar refractivity (Wildman–Crippen MR) is 94.4 cm³/mol. The van der Waals surface area contributed by atoms with E-state index in [1.54, 1.807) is 18.2 Å². The van der Waals surface area contributed by atoms with Gasteiger partial charge < -0.3 is 4.90 Å². The van der Waals surface area contributed by atoms with Crippen LogP contribution in [0.15, 0.2) is 53.7 Å². The van der Waals surface area contributed by atoms with E-state index in [9.17, 15) is 8.42 Å². The molecule has 0 bridgehead atoms. The predicted octanol–water partition coefficient (Wildman–Crippen LogP) is 3.12. The molecule has 0 fully saturated rings. The van der Waals surface area contributed by atoms with Gasteiger partial charge in [-0.2, -0.15) is 0 Å². The molecule has 2 heterocycles. The number of para-hydroxylation sites is 1. The molecule has 122 valence electrons. The van der Waals surface area contributed by atoms with Crippen LogP contribution in [-0.4, -0.2) is 30.7 Å². The number of rotatable bonds is 2. The molecule has 3 aromatic rings. The van der Waals surface area contributed by atoms with Crippen molar-refractivity contribution in [3.63, 3.8) is 0 Å². The molecule has 0 saturated carbocycles. The van der Waals surface area contributed by atoms with Crippen molar-refractivity contribution in [3.05, 3.63) is 54.4 Å². The third kappa shape index (κ3) is 2.34. The van der Waals surface area contributed by atoms with Gasteiger partial charge in [0.2, 0.25) is 0 Å². The molecule has 5 nitrogen and oxygen atoms in total. The average Bonchev–Trinajstić information content (AvgIpc) is 2.88. The normalized spacial score (nSPS) is 17.2. The first-order valence-corrected chi connectivity index (χ1v) is 9.66. The maximum atomic E-state index is 11.9. The molecule has 0 amide bonds. The number of aromatic nitrogens is 2. The van der Waals surface area contributed by atoms with Crippen LogP contribution in [0.4, 0.5) is 11.5 Å². The van der Waals surface area contributed by atoms with Crippen LogP contribution in [0.25, 0.3) is 10.9 Å². The second-order valence-electron chi connectivity index (χ2n) is 6.20. The first kappa shape index (κ1) is 15.1. The number of hydrogen-bond acceptors (Lipinski definition) is 5. The number of nitrogens with zero attached hydrogens (tertiary/aromatic N) is 3. The van der Waals surface area contributed by atoms with E-state index >= 15 is 0 Å². The van der Waals surface area contributed by atoms with E-state index in [0.717, 1.165) is 28.8 Å². The summed E-state index contributed by atoms with van der Waals surface area (Å²) in [5.41, 5.74) is 3.13. The first-order valence-electron chi connectivity index (χ1n) is 7.77. The van der Waals surface area contributed by atoms with Gasteiger partial charge in [0.15, 0.2) is 9.84 Å². The van der Waals surface area contributed by atoms with E-state index in [0.29, 0.717) is 0 Å². The van der Waals surface area contributed by atoms with Crippen LogP contribution < -0.4 is 4.90 Å². The van der Waals surface area contributed by atoms with Gasteiger partial charge in [0, 0.05) is 23.4 Å². The van der Waals surface area contributed by atoms with Crippen molar-refractivity contribution in [2.24, 2.45) is 0 Å². The van der Waals surface area contributed by atoms with Crippen molar-refractivity contribution in [3.8, 4) is 0 Å². The third-order valence-electron chi connectivity index (χ3n) is 4.45. The maximum Gasteiger partial charge on any atom is 0.175 e. The highest BCUT2D eigenvalue weighted by Crippen LogP contribution is 2.39.